The predicted octanol–water partition coefficient (Wildman–Crippen LogP) is 4.19. The van der Waals surface area contributed by atoms with Gasteiger partial charge in [-0.1, -0.05) is 15.9 Å². The zero-order valence-electron chi connectivity index (χ0n) is 15.8. The van der Waals surface area contributed by atoms with Crippen molar-refractivity contribution in [2.45, 2.75) is 0 Å². The summed E-state index contributed by atoms with van der Waals surface area (Å²) in [6.45, 7) is 0.0579. The zero-order chi connectivity index (χ0) is 21.5. The second kappa shape index (κ2) is 9.70. The van der Waals surface area contributed by atoms with E-state index < -0.39 is 4.92 Å². The second-order valence-corrected chi connectivity index (χ2v) is 6.91. The van der Waals surface area contributed by atoms with Crippen LogP contribution < -0.4 is 15.5 Å². The monoisotopic (exact) mass is 472 g/mol. The Kier molecular flexibility index (Phi) is 6.81. The average molecular weight is 473 g/mol. The average Bonchev–Trinajstić information content (AvgIpc) is 3.21. The standard InChI is InChI=1S/C20H17BrN4O5/c1-29-19-10-15(25(27)28)6-8-17(19)18-9-7-16(30-18)11-23-24-20(26)12-22-14-4-2-13(21)3-5-14/h2-11,22H,12H2,1H3,(H,24,26)/b23-11-. The highest BCUT2D eigenvalue weighted by atomic mass is 79.9. The van der Waals surface area contributed by atoms with E-state index in [9.17, 15) is 14.9 Å². The number of methoxy groups -OCH3 is 1. The number of hydrogen-bond donors (Lipinski definition) is 2. The molecular formula is C20H17BrN4O5. The number of amides is 1. The molecule has 1 amide bonds. The van der Waals surface area contributed by atoms with E-state index in [2.05, 4.69) is 31.8 Å². The van der Waals surface area contributed by atoms with E-state index in [0.717, 1.165) is 10.2 Å². The van der Waals surface area contributed by atoms with Crippen LogP contribution in [-0.4, -0.2) is 30.7 Å². The molecule has 1 aromatic heterocycles. The molecule has 0 aliphatic rings. The Morgan fingerprint density at radius 1 is 1.23 bits per heavy atom. The van der Waals surface area contributed by atoms with Crippen molar-refractivity contribution in [2.75, 3.05) is 19.0 Å². The van der Waals surface area contributed by atoms with Crippen molar-refractivity contribution in [3.05, 3.63) is 74.9 Å². The number of rotatable bonds is 8. The highest BCUT2D eigenvalue weighted by Crippen LogP contribution is 2.34. The van der Waals surface area contributed by atoms with Crippen LogP contribution >= 0.6 is 15.9 Å². The van der Waals surface area contributed by atoms with E-state index in [1.807, 2.05) is 24.3 Å². The van der Waals surface area contributed by atoms with Crippen molar-refractivity contribution in [3.63, 3.8) is 0 Å². The van der Waals surface area contributed by atoms with Crippen LogP contribution in [0.4, 0.5) is 11.4 Å². The molecule has 3 rings (SSSR count). The number of nitro benzene ring substituents is 1. The van der Waals surface area contributed by atoms with Gasteiger partial charge in [-0.2, -0.15) is 5.10 Å². The van der Waals surface area contributed by atoms with Crippen molar-refractivity contribution in [2.24, 2.45) is 5.10 Å². The van der Waals surface area contributed by atoms with Gasteiger partial charge in [0.05, 0.1) is 36.4 Å². The highest BCUT2D eigenvalue weighted by molar-refractivity contribution is 9.10. The molecule has 0 saturated carbocycles. The van der Waals surface area contributed by atoms with Gasteiger partial charge in [-0.25, -0.2) is 5.43 Å². The van der Waals surface area contributed by atoms with Crippen LogP contribution in [0.15, 0.2) is 68.6 Å². The molecule has 0 aliphatic carbocycles. The van der Waals surface area contributed by atoms with Crippen molar-refractivity contribution >= 4 is 39.4 Å². The molecule has 0 unspecified atom stereocenters. The number of ether oxygens (including phenoxy) is 1. The number of non-ortho nitro benzene ring substituents is 1. The fraction of sp³-hybridized carbons (Fsp3) is 0.100. The van der Waals surface area contributed by atoms with Gasteiger partial charge in [0.25, 0.3) is 11.6 Å². The maximum Gasteiger partial charge on any atom is 0.273 e. The molecule has 0 spiro atoms. The quantitative estimate of drug-likeness (QED) is 0.288. The highest BCUT2D eigenvalue weighted by Gasteiger charge is 2.15. The lowest BCUT2D eigenvalue weighted by molar-refractivity contribution is -0.384. The van der Waals surface area contributed by atoms with Gasteiger partial charge in [-0.05, 0) is 42.5 Å². The predicted molar refractivity (Wildman–Crippen MR) is 116 cm³/mol. The van der Waals surface area contributed by atoms with Gasteiger partial charge < -0.3 is 14.5 Å². The van der Waals surface area contributed by atoms with Crippen LogP contribution in [0.3, 0.4) is 0 Å². The summed E-state index contributed by atoms with van der Waals surface area (Å²) in [7, 11) is 1.42. The first-order chi connectivity index (χ1) is 14.5. The van der Waals surface area contributed by atoms with E-state index in [1.54, 1.807) is 18.2 Å². The normalized spacial score (nSPS) is 10.7. The summed E-state index contributed by atoms with van der Waals surface area (Å²) in [6, 6.07) is 15.0. The number of furan rings is 1. The molecule has 0 aliphatic heterocycles. The molecule has 0 bridgehead atoms. The van der Waals surface area contributed by atoms with Crippen LogP contribution in [0.1, 0.15) is 5.76 Å². The Labute approximate surface area is 180 Å². The van der Waals surface area contributed by atoms with Crippen LogP contribution in [0.5, 0.6) is 5.75 Å². The summed E-state index contributed by atoms with van der Waals surface area (Å²) in [5.74, 6) is 0.838. The SMILES string of the molecule is COc1cc([N+](=O)[O-])ccc1-c1ccc(/C=N\NC(=O)CNc2ccc(Br)cc2)o1. The molecular weight excluding hydrogens is 456 g/mol. The fourth-order valence-corrected chi connectivity index (χ4v) is 2.79. The van der Waals surface area contributed by atoms with Gasteiger partial charge in [0.2, 0.25) is 0 Å². The molecule has 10 heteroatoms. The van der Waals surface area contributed by atoms with Crippen molar-refractivity contribution in [3.8, 4) is 17.1 Å². The molecule has 0 saturated heterocycles. The molecule has 1 heterocycles. The third-order valence-corrected chi connectivity index (χ3v) is 4.50. The number of nitrogens with one attached hydrogen (secondary N) is 2. The summed E-state index contributed by atoms with van der Waals surface area (Å²) < 4.78 is 11.8. The van der Waals surface area contributed by atoms with E-state index in [0.29, 0.717) is 22.8 Å². The van der Waals surface area contributed by atoms with Crippen LogP contribution in [-0.2, 0) is 4.79 Å². The van der Waals surface area contributed by atoms with Crippen LogP contribution in [0.25, 0.3) is 11.3 Å². The lowest BCUT2D eigenvalue weighted by atomic mass is 10.1. The zero-order valence-corrected chi connectivity index (χ0v) is 17.4. The number of nitro groups is 1. The summed E-state index contributed by atoms with van der Waals surface area (Å²) in [5.41, 5.74) is 3.69. The van der Waals surface area contributed by atoms with Crippen molar-refractivity contribution in [1.29, 1.82) is 0 Å². The topological polar surface area (TPSA) is 119 Å². The number of benzene rings is 2. The smallest absolute Gasteiger partial charge is 0.273 e. The van der Waals surface area contributed by atoms with Gasteiger partial charge in [0, 0.05) is 16.2 Å². The fourth-order valence-electron chi connectivity index (χ4n) is 2.52. The molecule has 30 heavy (non-hydrogen) atoms. The largest absolute Gasteiger partial charge is 0.496 e. The van der Waals surface area contributed by atoms with E-state index in [1.165, 1.54) is 25.5 Å². The third-order valence-electron chi connectivity index (χ3n) is 3.97. The Bertz CT molecular complexity index is 1080. The summed E-state index contributed by atoms with van der Waals surface area (Å²) >= 11 is 3.35. The lowest BCUT2D eigenvalue weighted by Crippen LogP contribution is -2.25. The van der Waals surface area contributed by atoms with E-state index in [4.69, 9.17) is 9.15 Å². The molecule has 3 aromatic rings. The minimum absolute atomic E-state index is 0.0579. The number of hydrogen-bond acceptors (Lipinski definition) is 7. The molecule has 9 nitrogen and oxygen atoms in total. The van der Waals surface area contributed by atoms with E-state index >= 15 is 0 Å². The van der Waals surface area contributed by atoms with Crippen LogP contribution in [0.2, 0.25) is 0 Å². The molecule has 154 valence electrons. The molecule has 0 radical (unpaired) electrons. The second-order valence-electron chi connectivity index (χ2n) is 6.00. The van der Waals surface area contributed by atoms with E-state index in [-0.39, 0.29) is 18.1 Å². The summed E-state index contributed by atoms with van der Waals surface area (Å²) in [5, 5.41) is 17.8. The minimum Gasteiger partial charge on any atom is -0.496 e. The molecule has 2 aromatic carbocycles. The number of anilines is 1. The lowest BCUT2D eigenvalue weighted by Gasteiger charge is -2.05. The summed E-state index contributed by atoms with van der Waals surface area (Å²) in [4.78, 5) is 22.3. The molecule has 0 atom stereocenters. The Morgan fingerprint density at radius 3 is 2.70 bits per heavy atom. The Balaban J connectivity index is 1.58. The number of nitrogens with zero attached hydrogens (tertiary/aromatic N) is 2. The number of carbonyl (C=O) groups is 1. The maximum absolute atomic E-state index is 11.9. The number of hydrazone groups is 1. The Hall–Kier alpha value is -3.66. The minimum atomic E-state index is -0.499. The first-order valence-corrected chi connectivity index (χ1v) is 9.49. The number of halogens is 1. The van der Waals surface area contributed by atoms with Crippen molar-refractivity contribution in [1.82, 2.24) is 5.43 Å². The Morgan fingerprint density at radius 2 is 2.00 bits per heavy atom. The maximum atomic E-state index is 11.9. The number of carbonyl (C=O) groups excluding carboxylic acids is 1. The van der Waals surface area contributed by atoms with Crippen LogP contribution in [0, 0.1) is 10.1 Å². The summed E-state index contributed by atoms with van der Waals surface area (Å²) in [6.07, 6.45) is 1.36. The van der Waals surface area contributed by atoms with Gasteiger partial charge in [0.1, 0.15) is 17.3 Å². The van der Waals surface area contributed by atoms with Gasteiger partial charge in [0.15, 0.2) is 0 Å². The van der Waals surface area contributed by atoms with Gasteiger partial charge >= 0.3 is 0 Å². The first kappa shape index (κ1) is 21.1. The van der Waals surface area contributed by atoms with Gasteiger partial charge in [-0.3, -0.25) is 14.9 Å². The third kappa shape index (κ3) is 5.45. The molecule has 0 fully saturated rings. The van der Waals surface area contributed by atoms with Crippen molar-refractivity contribution < 1.29 is 18.9 Å². The first-order valence-electron chi connectivity index (χ1n) is 8.70. The van der Waals surface area contributed by atoms with Gasteiger partial charge in [-0.15, -0.1) is 0 Å². The molecule has 2 N–H and O–H groups in total.